The van der Waals surface area contributed by atoms with Crippen LogP contribution in [0.1, 0.15) is 62.0 Å². The molecular formula is C17H28N4O2. The van der Waals surface area contributed by atoms with Crippen LogP contribution in [-0.4, -0.2) is 65.6 Å². The predicted octanol–water partition coefficient (Wildman–Crippen LogP) is 2.06. The highest BCUT2D eigenvalue weighted by Gasteiger charge is 2.30. The Bertz CT molecular complexity index is 495. The summed E-state index contributed by atoms with van der Waals surface area (Å²) < 4.78 is 11.0. The number of aromatic amines is 1. The second-order valence-electron chi connectivity index (χ2n) is 7.14. The first-order chi connectivity index (χ1) is 11.4. The molecule has 1 atom stereocenters. The zero-order valence-electron chi connectivity index (χ0n) is 13.9. The molecule has 0 spiro atoms. The Kier molecular flexibility index (Phi) is 4.92. The Labute approximate surface area is 137 Å². The average Bonchev–Trinajstić information content (AvgIpc) is 3.14. The number of hydrogen-bond donors (Lipinski definition) is 1. The van der Waals surface area contributed by atoms with Crippen molar-refractivity contribution >= 4 is 0 Å². The fourth-order valence-corrected chi connectivity index (χ4v) is 4.22. The third-order valence-corrected chi connectivity index (χ3v) is 5.65. The number of piperidine rings is 1. The van der Waals surface area contributed by atoms with Crippen molar-refractivity contribution in [2.24, 2.45) is 0 Å². The van der Waals surface area contributed by atoms with Gasteiger partial charge in [-0.05, 0) is 45.1 Å². The van der Waals surface area contributed by atoms with Gasteiger partial charge in [0.05, 0.1) is 0 Å². The number of nitrogens with one attached hydrogen (secondary N) is 1. The van der Waals surface area contributed by atoms with Crippen LogP contribution in [-0.2, 0) is 9.47 Å². The minimum Gasteiger partial charge on any atom is -0.381 e. The van der Waals surface area contributed by atoms with Gasteiger partial charge in [0.25, 0.3) is 0 Å². The molecule has 0 radical (unpaired) electrons. The number of hydrogen-bond acceptors (Lipinski definition) is 5. The maximum Gasteiger partial charge on any atom is 0.155 e. The van der Waals surface area contributed by atoms with Crippen molar-refractivity contribution in [3.8, 4) is 0 Å². The predicted molar refractivity (Wildman–Crippen MR) is 86.6 cm³/mol. The molecule has 0 amide bonds. The molecule has 1 N–H and O–H groups in total. The van der Waals surface area contributed by atoms with Gasteiger partial charge in [0.2, 0.25) is 0 Å². The molecule has 3 saturated heterocycles. The summed E-state index contributed by atoms with van der Waals surface area (Å²) >= 11 is 0. The van der Waals surface area contributed by atoms with Crippen LogP contribution in [0.25, 0.3) is 0 Å². The smallest absolute Gasteiger partial charge is 0.155 e. The number of rotatable bonds is 3. The monoisotopic (exact) mass is 320 g/mol. The quantitative estimate of drug-likeness (QED) is 0.923. The van der Waals surface area contributed by atoms with Crippen molar-refractivity contribution in [1.82, 2.24) is 20.1 Å². The van der Waals surface area contributed by atoms with E-state index in [1.807, 2.05) is 0 Å². The average molecular weight is 320 g/mol. The normalized spacial score (nSPS) is 29.0. The highest BCUT2D eigenvalue weighted by atomic mass is 16.5. The number of ether oxygens (including phenoxy) is 2. The van der Waals surface area contributed by atoms with E-state index in [1.165, 1.54) is 32.2 Å². The molecule has 128 valence electrons. The van der Waals surface area contributed by atoms with Gasteiger partial charge in [-0.2, -0.15) is 5.10 Å². The van der Waals surface area contributed by atoms with E-state index in [4.69, 9.17) is 14.5 Å². The van der Waals surface area contributed by atoms with Gasteiger partial charge in [-0.1, -0.05) is 0 Å². The fraction of sp³-hybridized carbons (Fsp3) is 0.882. The Morgan fingerprint density at radius 3 is 2.43 bits per heavy atom. The van der Waals surface area contributed by atoms with Crippen LogP contribution < -0.4 is 0 Å². The molecule has 0 saturated carbocycles. The second kappa shape index (κ2) is 7.28. The molecule has 0 aliphatic carbocycles. The van der Waals surface area contributed by atoms with Crippen LogP contribution in [0.2, 0.25) is 0 Å². The third-order valence-electron chi connectivity index (χ3n) is 5.65. The molecule has 4 rings (SSSR count). The summed E-state index contributed by atoms with van der Waals surface area (Å²) in [5.74, 6) is 3.09. The minimum absolute atomic E-state index is 0.483. The lowest BCUT2D eigenvalue weighted by Gasteiger charge is -2.39. The van der Waals surface area contributed by atoms with Gasteiger partial charge < -0.3 is 9.47 Å². The highest BCUT2D eigenvalue weighted by Crippen LogP contribution is 2.30. The molecule has 4 heterocycles. The Morgan fingerprint density at radius 2 is 1.65 bits per heavy atom. The molecule has 1 unspecified atom stereocenters. The van der Waals surface area contributed by atoms with Gasteiger partial charge in [-0.3, -0.25) is 10.00 Å². The standard InChI is InChI=1S/C17H28N4O2/c1-2-14(12-21(7-1)15-5-10-23-11-6-15)17-18-16(19-20-17)13-3-8-22-9-4-13/h13-15H,1-12H2,(H,18,19,20). The van der Waals surface area contributed by atoms with E-state index in [2.05, 4.69) is 15.1 Å². The molecule has 6 nitrogen and oxygen atoms in total. The molecule has 0 aromatic carbocycles. The van der Waals surface area contributed by atoms with Crippen molar-refractivity contribution in [3.63, 3.8) is 0 Å². The lowest BCUT2D eigenvalue weighted by atomic mass is 9.94. The molecule has 0 bridgehead atoms. The summed E-state index contributed by atoms with van der Waals surface area (Å²) in [5, 5.41) is 7.78. The summed E-state index contributed by atoms with van der Waals surface area (Å²) in [6.45, 7) is 5.86. The van der Waals surface area contributed by atoms with Gasteiger partial charge in [0, 0.05) is 50.8 Å². The largest absolute Gasteiger partial charge is 0.381 e. The maximum atomic E-state index is 5.51. The minimum atomic E-state index is 0.483. The van der Waals surface area contributed by atoms with Crippen LogP contribution in [0.4, 0.5) is 0 Å². The first-order valence-corrected chi connectivity index (χ1v) is 9.22. The molecule has 1 aromatic rings. The van der Waals surface area contributed by atoms with Crippen molar-refractivity contribution in [3.05, 3.63) is 11.6 Å². The molecule has 1 aromatic heterocycles. The van der Waals surface area contributed by atoms with E-state index in [9.17, 15) is 0 Å². The first kappa shape index (κ1) is 15.5. The Balaban J connectivity index is 1.40. The zero-order chi connectivity index (χ0) is 15.5. The van der Waals surface area contributed by atoms with Gasteiger partial charge >= 0.3 is 0 Å². The van der Waals surface area contributed by atoms with Crippen molar-refractivity contribution < 1.29 is 9.47 Å². The molecule has 6 heteroatoms. The van der Waals surface area contributed by atoms with E-state index in [1.54, 1.807) is 0 Å². The van der Waals surface area contributed by atoms with Crippen LogP contribution in [0.5, 0.6) is 0 Å². The summed E-state index contributed by atoms with van der Waals surface area (Å²) in [6, 6.07) is 0.695. The van der Waals surface area contributed by atoms with Crippen LogP contribution in [0.15, 0.2) is 0 Å². The summed E-state index contributed by atoms with van der Waals surface area (Å²) in [4.78, 5) is 7.52. The third kappa shape index (κ3) is 3.59. The molecule has 3 aliphatic rings. The van der Waals surface area contributed by atoms with Gasteiger partial charge in [-0.25, -0.2) is 4.98 Å². The lowest BCUT2D eigenvalue weighted by Crippen LogP contribution is -2.44. The van der Waals surface area contributed by atoms with Crippen molar-refractivity contribution in [1.29, 1.82) is 0 Å². The lowest BCUT2D eigenvalue weighted by molar-refractivity contribution is 0.0235. The Morgan fingerprint density at radius 1 is 0.913 bits per heavy atom. The number of likely N-dealkylation sites (tertiary alicyclic amines) is 1. The van der Waals surface area contributed by atoms with Gasteiger partial charge in [0.1, 0.15) is 5.82 Å². The molecule has 3 aliphatic heterocycles. The SMILES string of the molecule is C1CC(c2n[nH]c(C3CCOCC3)n2)CN(C2CCOCC2)C1. The van der Waals surface area contributed by atoms with Crippen LogP contribution in [0, 0.1) is 0 Å². The van der Waals surface area contributed by atoms with E-state index in [0.717, 1.165) is 57.5 Å². The van der Waals surface area contributed by atoms with E-state index in [-0.39, 0.29) is 0 Å². The van der Waals surface area contributed by atoms with Gasteiger partial charge in [0.15, 0.2) is 5.82 Å². The van der Waals surface area contributed by atoms with Crippen molar-refractivity contribution in [2.45, 2.75) is 56.4 Å². The maximum absolute atomic E-state index is 5.51. The number of H-pyrrole nitrogens is 1. The summed E-state index contributed by atoms with van der Waals surface area (Å²) in [6.07, 6.45) is 6.94. The molecule has 3 fully saturated rings. The molecule has 23 heavy (non-hydrogen) atoms. The van der Waals surface area contributed by atoms with E-state index in [0.29, 0.717) is 17.9 Å². The topological polar surface area (TPSA) is 63.3 Å². The fourth-order valence-electron chi connectivity index (χ4n) is 4.22. The zero-order valence-corrected chi connectivity index (χ0v) is 13.9. The van der Waals surface area contributed by atoms with E-state index >= 15 is 0 Å². The summed E-state index contributed by atoms with van der Waals surface area (Å²) in [7, 11) is 0. The first-order valence-electron chi connectivity index (χ1n) is 9.22. The highest BCUT2D eigenvalue weighted by molar-refractivity contribution is 5.05. The van der Waals surface area contributed by atoms with Crippen LogP contribution >= 0.6 is 0 Å². The van der Waals surface area contributed by atoms with Crippen LogP contribution in [0.3, 0.4) is 0 Å². The Hall–Kier alpha value is -0.980. The van der Waals surface area contributed by atoms with Crippen molar-refractivity contribution in [2.75, 3.05) is 39.5 Å². The second-order valence-corrected chi connectivity index (χ2v) is 7.14. The number of aromatic nitrogens is 3. The van der Waals surface area contributed by atoms with Gasteiger partial charge in [-0.15, -0.1) is 0 Å². The van der Waals surface area contributed by atoms with E-state index < -0.39 is 0 Å². The number of nitrogens with zero attached hydrogens (tertiary/aromatic N) is 3. The molecular weight excluding hydrogens is 292 g/mol. The summed E-state index contributed by atoms with van der Waals surface area (Å²) in [5.41, 5.74) is 0.